The smallest absolute Gasteiger partial charge is 0.0952 e. The lowest BCUT2D eigenvalue weighted by Gasteiger charge is -2.17. The molecule has 1 saturated carbocycles. The standard InChI is InChI=1S/C15H27N3/c1-3-5-7-15(6-4-2)18-11-14(17-12-18)10-16-13-8-9-13/h11-13,15-16H,3-10H2,1-2H3. The fourth-order valence-electron chi connectivity index (χ4n) is 2.42. The average molecular weight is 249 g/mol. The maximum Gasteiger partial charge on any atom is 0.0952 e. The quantitative estimate of drug-likeness (QED) is 0.723. The van der Waals surface area contributed by atoms with E-state index >= 15 is 0 Å². The molecule has 1 aliphatic rings. The molecule has 0 spiro atoms. The molecule has 1 aromatic heterocycles. The number of nitrogens with zero attached hydrogens (tertiary/aromatic N) is 2. The first-order chi connectivity index (χ1) is 8.83. The van der Waals surface area contributed by atoms with Gasteiger partial charge in [-0.3, -0.25) is 0 Å². The van der Waals surface area contributed by atoms with Crippen LogP contribution in [0.3, 0.4) is 0 Å². The van der Waals surface area contributed by atoms with Crippen molar-refractivity contribution in [3.05, 3.63) is 18.2 Å². The molecule has 1 aliphatic carbocycles. The molecule has 1 heterocycles. The van der Waals surface area contributed by atoms with Gasteiger partial charge in [0.25, 0.3) is 0 Å². The maximum absolute atomic E-state index is 4.53. The van der Waals surface area contributed by atoms with Gasteiger partial charge in [-0.15, -0.1) is 0 Å². The van der Waals surface area contributed by atoms with Gasteiger partial charge in [0.05, 0.1) is 12.0 Å². The van der Waals surface area contributed by atoms with Crippen molar-refractivity contribution in [1.29, 1.82) is 0 Å². The zero-order valence-electron chi connectivity index (χ0n) is 11.9. The second-order valence-corrected chi connectivity index (χ2v) is 5.55. The summed E-state index contributed by atoms with van der Waals surface area (Å²) in [4.78, 5) is 4.53. The van der Waals surface area contributed by atoms with E-state index in [0.29, 0.717) is 6.04 Å². The van der Waals surface area contributed by atoms with Gasteiger partial charge in [0.2, 0.25) is 0 Å². The van der Waals surface area contributed by atoms with Crippen LogP contribution in [0.4, 0.5) is 0 Å². The third kappa shape index (κ3) is 4.13. The average Bonchev–Trinajstić information content (AvgIpc) is 3.10. The predicted molar refractivity (Wildman–Crippen MR) is 75.6 cm³/mol. The van der Waals surface area contributed by atoms with Crippen LogP contribution < -0.4 is 5.32 Å². The van der Waals surface area contributed by atoms with Gasteiger partial charge in [-0.1, -0.05) is 33.1 Å². The molecule has 1 aromatic rings. The molecule has 0 bridgehead atoms. The summed E-state index contributed by atoms with van der Waals surface area (Å²) < 4.78 is 2.34. The van der Waals surface area contributed by atoms with Gasteiger partial charge in [0.15, 0.2) is 0 Å². The van der Waals surface area contributed by atoms with Gasteiger partial charge in [-0.05, 0) is 25.7 Å². The molecule has 0 amide bonds. The molecule has 0 aliphatic heterocycles. The zero-order chi connectivity index (χ0) is 12.8. The van der Waals surface area contributed by atoms with Crippen LogP contribution in [0.2, 0.25) is 0 Å². The molecule has 1 unspecified atom stereocenters. The summed E-state index contributed by atoms with van der Waals surface area (Å²) >= 11 is 0. The molecule has 0 aromatic carbocycles. The first-order valence-electron chi connectivity index (χ1n) is 7.59. The third-order valence-electron chi connectivity index (χ3n) is 3.74. The largest absolute Gasteiger partial charge is 0.334 e. The summed E-state index contributed by atoms with van der Waals surface area (Å²) in [6.07, 6.45) is 13.4. The van der Waals surface area contributed by atoms with Crippen molar-refractivity contribution in [3.63, 3.8) is 0 Å². The summed E-state index contributed by atoms with van der Waals surface area (Å²) in [5.74, 6) is 0. The number of aromatic nitrogens is 2. The highest BCUT2D eigenvalue weighted by Crippen LogP contribution is 2.22. The minimum absolute atomic E-state index is 0.650. The lowest BCUT2D eigenvalue weighted by molar-refractivity contribution is 0.416. The van der Waals surface area contributed by atoms with Gasteiger partial charge in [-0.2, -0.15) is 0 Å². The molecule has 0 radical (unpaired) electrons. The van der Waals surface area contributed by atoms with Crippen molar-refractivity contribution < 1.29 is 0 Å². The van der Waals surface area contributed by atoms with E-state index in [1.807, 2.05) is 6.33 Å². The Bertz CT molecular complexity index is 341. The number of rotatable bonds is 9. The molecule has 1 fully saturated rings. The van der Waals surface area contributed by atoms with Crippen LogP contribution >= 0.6 is 0 Å². The number of unbranched alkanes of at least 4 members (excludes halogenated alkanes) is 1. The van der Waals surface area contributed by atoms with E-state index in [2.05, 4.69) is 34.9 Å². The van der Waals surface area contributed by atoms with E-state index in [1.165, 1.54) is 50.6 Å². The van der Waals surface area contributed by atoms with Crippen LogP contribution in [-0.2, 0) is 6.54 Å². The topological polar surface area (TPSA) is 29.9 Å². The molecule has 18 heavy (non-hydrogen) atoms. The van der Waals surface area contributed by atoms with Crippen LogP contribution in [0.15, 0.2) is 12.5 Å². The lowest BCUT2D eigenvalue weighted by Crippen LogP contribution is -2.15. The van der Waals surface area contributed by atoms with Crippen molar-refractivity contribution in [1.82, 2.24) is 14.9 Å². The highest BCUT2D eigenvalue weighted by molar-refractivity contribution is 4.99. The van der Waals surface area contributed by atoms with Crippen molar-refractivity contribution in [2.45, 2.75) is 77.4 Å². The first kappa shape index (κ1) is 13.6. The number of imidazole rings is 1. The number of hydrogen-bond acceptors (Lipinski definition) is 2. The minimum atomic E-state index is 0.650. The Kier molecular flexibility index (Phi) is 5.24. The number of nitrogens with one attached hydrogen (secondary N) is 1. The first-order valence-corrected chi connectivity index (χ1v) is 7.59. The van der Waals surface area contributed by atoms with Crippen LogP contribution in [0.25, 0.3) is 0 Å². The fourth-order valence-corrected chi connectivity index (χ4v) is 2.42. The molecule has 3 heteroatoms. The molecule has 2 rings (SSSR count). The van der Waals surface area contributed by atoms with E-state index in [9.17, 15) is 0 Å². The molecule has 1 atom stereocenters. The van der Waals surface area contributed by atoms with Crippen molar-refractivity contribution in [3.8, 4) is 0 Å². The Morgan fingerprint density at radius 1 is 1.33 bits per heavy atom. The minimum Gasteiger partial charge on any atom is -0.334 e. The summed E-state index contributed by atoms with van der Waals surface area (Å²) in [6, 6.07) is 1.42. The monoisotopic (exact) mass is 249 g/mol. The van der Waals surface area contributed by atoms with E-state index in [-0.39, 0.29) is 0 Å². The predicted octanol–water partition coefficient (Wildman–Crippen LogP) is 3.67. The van der Waals surface area contributed by atoms with E-state index in [4.69, 9.17) is 0 Å². The van der Waals surface area contributed by atoms with Gasteiger partial charge < -0.3 is 9.88 Å². The van der Waals surface area contributed by atoms with Crippen LogP contribution in [-0.4, -0.2) is 15.6 Å². The van der Waals surface area contributed by atoms with Crippen LogP contribution in [0.1, 0.15) is 70.5 Å². The van der Waals surface area contributed by atoms with E-state index in [1.54, 1.807) is 0 Å². The SMILES string of the molecule is CCCCC(CCC)n1cnc(CNC2CC2)c1. The highest BCUT2D eigenvalue weighted by atomic mass is 15.1. The Morgan fingerprint density at radius 2 is 2.17 bits per heavy atom. The van der Waals surface area contributed by atoms with E-state index in [0.717, 1.165) is 12.6 Å². The molecule has 0 saturated heterocycles. The molecule has 1 N–H and O–H groups in total. The summed E-state index contributed by atoms with van der Waals surface area (Å²) in [5.41, 5.74) is 1.19. The van der Waals surface area contributed by atoms with Crippen molar-refractivity contribution >= 4 is 0 Å². The Hall–Kier alpha value is -0.830. The van der Waals surface area contributed by atoms with Crippen LogP contribution in [0, 0.1) is 0 Å². The van der Waals surface area contributed by atoms with Gasteiger partial charge in [0, 0.05) is 24.8 Å². The highest BCUT2D eigenvalue weighted by Gasteiger charge is 2.20. The second kappa shape index (κ2) is 6.93. The zero-order valence-corrected chi connectivity index (χ0v) is 11.9. The fraction of sp³-hybridized carbons (Fsp3) is 0.800. The Morgan fingerprint density at radius 3 is 2.83 bits per heavy atom. The maximum atomic E-state index is 4.53. The normalized spacial score (nSPS) is 17.0. The summed E-state index contributed by atoms with van der Waals surface area (Å²) in [5, 5.41) is 3.52. The van der Waals surface area contributed by atoms with Crippen LogP contribution in [0.5, 0.6) is 0 Å². The van der Waals surface area contributed by atoms with Crippen molar-refractivity contribution in [2.75, 3.05) is 0 Å². The third-order valence-corrected chi connectivity index (χ3v) is 3.74. The second-order valence-electron chi connectivity index (χ2n) is 5.55. The number of hydrogen-bond donors (Lipinski definition) is 1. The molecule has 3 nitrogen and oxygen atoms in total. The van der Waals surface area contributed by atoms with Crippen molar-refractivity contribution in [2.24, 2.45) is 0 Å². The van der Waals surface area contributed by atoms with Gasteiger partial charge in [-0.25, -0.2) is 4.98 Å². The Balaban J connectivity index is 1.87. The molecular formula is C15H27N3. The summed E-state index contributed by atoms with van der Waals surface area (Å²) in [6.45, 7) is 5.47. The Labute approximate surface area is 111 Å². The summed E-state index contributed by atoms with van der Waals surface area (Å²) in [7, 11) is 0. The van der Waals surface area contributed by atoms with Gasteiger partial charge in [0.1, 0.15) is 0 Å². The van der Waals surface area contributed by atoms with Gasteiger partial charge >= 0.3 is 0 Å². The molecular weight excluding hydrogens is 222 g/mol. The molecule has 102 valence electrons. The lowest BCUT2D eigenvalue weighted by atomic mass is 10.1. The van der Waals surface area contributed by atoms with E-state index < -0.39 is 0 Å².